The van der Waals surface area contributed by atoms with Crippen molar-refractivity contribution < 1.29 is 4.42 Å². The first-order chi connectivity index (χ1) is 28.8. The van der Waals surface area contributed by atoms with Crippen LogP contribution in [0.5, 0.6) is 0 Å². The van der Waals surface area contributed by atoms with Gasteiger partial charge in [-0.1, -0.05) is 158 Å². The topological polar surface area (TPSA) is 19.6 Å². The fourth-order valence-electron chi connectivity index (χ4n) is 9.78. The minimum atomic E-state index is -0.0329. The summed E-state index contributed by atoms with van der Waals surface area (Å²) in [6.07, 6.45) is 22.2. The molecule has 0 fully saturated rings. The molecule has 0 radical (unpaired) electrons. The predicted octanol–water partition coefficient (Wildman–Crippen LogP) is 16.2. The number of hydrogen-bond acceptors (Lipinski definition) is 3. The van der Waals surface area contributed by atoms with Crippen LogP contribution in [0.25, 0.3) is 11.0 Å². The molecule has 0 saturated carbocycles. The van der Waals surface area contributed by atoms with Crippen LogP contribution in [0, 0.1) is 29.1 Å². The first-order valence-electron chi connectivity index (χ1n) is 23.6. The van der Waals surface area contributed by atoms with Crippen molar-refractivity contribution in [3.05, 3.63) is 150 Å². The lowest BCUT2D eigenvalue weighted by Gasteiger charge is -2.41. The second kappa shape index (κ2) is 18.5. The molecule has 0 N–H and O–H groups in total. The van der Waals surface area contributed by atoms with Gasteiger partial charge in [0.25, 0.3) is 0 Å². The van der Waals surface area contributed by atoms with E-state index in [0.717, 1.165) is 47.8 Å². The van der Waals surface area contributed by atoms with Gasteiger partial charge in [-0.25, -0.2) is 0 Å². The highest BCUT2D eigenvalue weighted by Gasteiger charge is 2.43. The highest BCUT2D eigenvalue weighted by atomic mass is 16.4. The first kappa shape index (κ1) is 46.1. The van der Waals surface area contributed by atoms with Crippen LogP contribution in [0.3, 0.4) is 0 Å². The third kappa shape index (κ3) is 9.65. The number of fused-ring (bicyclic) bond motifs is 6. The molecule has 6 rings (SSSR count). The van der Waals surface area contributed by atoms with E-state index in [9.17, 15) is 0 Å². The number of furan rings is 1. The summed E-state index contributed by atoms with van der Waals surface area (Å²) in [6.45, 7) is 43.7. The van der Waals surface area contributed by atoms with Crippen molar-refractivity contribution in [1.29, 1.82) is 0 Å². The zero-order valence-electron chi connectivity index (χ0n) is 40.3. The lowest BCUT2D eigenvalue weighted by molar-refractivity contribution is 0.374. The van der Waals surface area contributed by atoms with E-state index in [1.807, 2.05) is 12.2 Å². The Morgan fingerprint density at radius 3 is 2.18 bits per heavy atom. The molecule has 3 aliphatic rings. The van der Waals surface area contributed by atoms with E-state index in [-0.39, 0.29) is 17.5 Å². The summed E-state index contributed by atoms with van der Waals surface area (Å²) >= 11 is 0. The normalized spacial score (nSPS) is 20.2. The van der Waals surface area contributed by atoms with E-state index in [1.165, 1.54) is 63.5 Å². The molecule has 3 aromatic rings. The Kier molecular flexibility index (Phi) is 14.0. The molecule has 1 aliphatic carbocycles. The molecule has 4 atom stereocenters. The summed E-state index contributed by atoms with van der Waals surface area (Å²) in [5.74, 6) is 6.33. The maximum Gasteiger partial charge on any atom is 0.248 e. The van der Waals surface area contributed by atoms with E-state index < -0.39 is 0 Å². The fourth-order valence-corrected chi connectivity index (χ4v) is 9.78. The Labute approximate surface area is 371 Å². The summed E-state index contributed by atoms with van der Waals surface area (Å²) in [6, 6.07) is 14.0. The minimum absolute atomic E-state index is 0.0329. The van der Waals surface area contributed by atoms with E-state index in [2.05, 4.69) is 186 Å². The number of hydrogen-bond donors (Lipinski definition) is 0. The van der Waals surface area contributed by atoms with Gasteiger partial charge in [-0.2, -0.15) is 0 Å². The molecule has 3 nitrogen and oxygen atoms in total. The van der Waals surface area contributed by atoms with Crippen LogP contribution in [0.15, 0.2) is 137 Å². The van der Waals surface area contributed by atoms with Crippen molar-refractivity contribution in [3.8, 4) is 0 Å². The van der Waals surface area contributed by atoms with Crippen molar-refractivity contribution in [3.63, 3.8) is 0 Å². The molecule has 3 heterocycles. The molecular formula is C57H77BN2O. The number of allylic oxidation sites excluding steroid dienone is 9. The Bertz CT molecular complexity index is 2260. The lowest BCUT2D eigenvalue weighted by atomic mass is 9.36. The van der Waals surface area contributed by atoms with Crippen molar-refractivity contribution in [2.75, 3.05) is 4.90 Å². The SMILES string of the molecule is C=C/C=C1\C2=CN(/C(C=C)=C/C=C/C(C)(C)CCC(C)C)C(CC(C(=C)C(C)CC)C(C)C)=CB2c2c(oc3cc4c(cc23)C(C)CCC4C)N1c1ccc(C(C)(C)C)cc1. The van der Waals surface area contributed by atoms with Crippen LogP contribution in [0.1, 0.15) is 157 Å². The third-order valence-corrected chi connectivity index (χ3v) is 14.2. The average molecular weight is 817 g/mol. The first-order valence-corrected chi connectivity index (χ1v) is 23.6. The van der Waals surface area contributed by atoms with E-state index >= 15 is 0 Å². The lowest BCUT2D eigenvalue weighted by Crippen LogP contribution is -2.46. The number of anilines is 2. The fraction of sp³-hybridized carbons (Fsp3) is 0.474. The van der Waals surface area contributed by atoms with Crippen LogP contribution < -0.4 is 10.4 Å². The van der Waals surface area contributed by atoms with Crippen LogP contribution in [-0.4, -0.2) is 11.6 Å². The van der Waals surface area contributed by atoms with Crippen molar-refractivity contribution in [2.45, 2.75) is 146 Å². The number of nitrogens with zero attached hydrogens (tertiary/aromatic N) is 2. The molecule has 0 bridgehead atoms. The molecule has 2 aromatic carbocycles. The Morgan fingerprint density at radius 2 is 1.61 bits per heavy atom. The van der Waals surface area contributed by atoms with Crippen LogP contribution >= 0.6 is 0 Å². The molecule has 0 spiro atoms. The smallest absolute Gasteiger partial charge is 0.248 e. The van der Waals surface area contributed by atoms with Gasteiger partial charge >= 0.3 is 0 Å². The molecular weight excluding hydrogens is 739 g/mol. The summed E-state index contributed by atoms with van der Waals surface area (Å²) in [5, 5.41) is 1.22. The Balaban J connectivity index is 1.63. The van der Waals surface area contributed by atoms with Gasteiger partial charge in [0.2, 0.25) is 12.6 Å². The van der Waals surface area contributed by atoms with E-state index in [4.69, 9.17) is 11.0 Å². The summed E-state index contributed by atoms with van der Waals surface area (Å²) in [7, 11) is 0. The molecule has 0 saturated heterocycles. The van der Waals surface area contributed by atoms with Gasteiger partial charge in [-0.05, 0) is 143 Å². The van der Waals surface area contributed by atoms with Crippen LogP contribution in [0.4, 0.5) is 11.6 Å². The molecule has 4 unspecified atom stereocenters. The van der Waals surface area contributed by atoms with Crippen LogP contribution in [0.2, 0.25) is 0 Å². The van der Waals surface area contributed by atoms with Gasteiger partial charge in [-0.3, -0.25) is 4.90 Å². The highest BCUT2D eigenvalue weighted by molar-refractivity contribution is 6.88. The average Bonchev–Trinajstić information content (AvgIpc) is 3.59. The second-order valence-corrected chi connectivity index (χ2v) is 21.2. The van der Waals surface area contributed by atoms with Gasteiger partial charge in [0.15, 0.2) is 0 Å². The zero-order chi connectivity index (χ0) is 44.6. The number of benzene rings is 2. The molecule has 1 aromatic heterocycles. The van der Waals surface area contributed by atoms with Gasteiger partial charge in [0.1, 0.15) is 5.58 Å². The largest absolute Gasteiger partial charge is 0.440 e. The van der Waals surface area contributed by atoms with Gasteiger partial charge in [0.05, 0.1) is 0 Å². The predicted molar refractivity (Wildman–Crippen MR) is 268 cm³/mol. The third-order valence-electron chi connectivity index (χ3n) is 14.2. The minimum Gasteiger partial charge on any atom is -0.440 e. The van der Waals surface area contributed by atoms with Crippen molar-refractivity contribution in [2.24, 2.45) is 29.1 Å². The standard InChI is InChI=1S/C57H77BN2O/c1-17-21-52-51-36-59(44(19-3)22-20-30-57(15,16)31-29-37(4)5)46(32-47(38(6)7)42(11)39(8)18-2)35-58(51)54-50-33-48-40(9)23-24-41(10)49(48)34-53(50)61-55(54)60(52)45-27-25-43(26-28-45)56(12,13)14/h17,19-22,25-28,30,33-41,47H,1,3,11,18,23-24,29,31-32H2,2,4-10,12-16H3/b30-20+,44-22+,52-21+. The molecule has 4 heteroatoms. The molecule has 324 valence electrons. The quantitative estimate of drug-likeness (QED) is 0.0865. The molecule has 61 heavy (non-hydrogen) atoms. The van der Waals surface area contributed by atoms with Gasteiger partial charge < -0.3 is 9.32 Å². The second-order valence-electron chi connectivity index (χ2n) is 21.2. The molecule has 2 aliphatic heterocycles. The maximum absolute atomic E-state index is 7.21. The summed E-state index contributed by atoms with van der Waals surface area (Å²) in [5.41, 5.74) is 13.6. The maximum atomic E-state index is 7.21. The molecule has 0 amide bonds. The van der Waals surface area contributed by atoms with Gasteiger partial charge in [-0.15, -0.1) is 0 Å². The van der Waals surface area contributed by atoms with Gasteiger partial charge in [0, 0.05) is 39.8 Å². The zero-order valence-corrected chi connectivity index (χ0v) is 40.3. The van der Waals surface area contributed by atoms with Crippen molar-refractivity contribution >= 4 is 34.7 Å². The highest BCUT2D eigenvalue weighted by Crippen LogP contribution is 2.47. The summed E-state index contributed by atoms with van der Waals surface area (Å²) < 4.78 is 7.21. The Morgan fingerprint density at radius 1 is 0.951 bits per heavy atom. The monoisotopic (exact) mass is 817 g/mol. The van der Waals surface area contributed by atoms with Crippen molar-refractivity contribution in [1.82, 2.24) is 4.90 Å². The van der Waals surface area contributed by atoms with E-state index in [1.54, 1.807) is 0 Å². The Hall–Kier alpha value is -4.44. The summed E-state index contributed by atoms with van der Waals surface area (Å²) in [4.78, 5) is 4.78. The van der Waals surface area contributed by atoms with Crippen LogP contribution in [-0.2, 0) is 5.41 Å². The number of rotatable bonds is 15. The van der Waals surface area contributed by atoms with E-state index in [0.29, 0.717) is 35.5 Å².